The molecule has 0 radical (unpaired) electrons. The lowest BCUT2D eigenvalue weighted by Crippen LogP contribution is -2.07. The van der Waals surface area contributed by atoms with Crippen molar-refractivity contribution in [1.29, 1.82) is 0 Å². The zero-order valence-corrected chi connectivity index (χ0v) is 13.6. The molecule has 120 valence electrons. The first-order valence-corrected chi connectivity index (χ1v) is 9.01. The molecule has 3 aromatic carbocycles. The van der Waals surface area contributed by atoms with E-state index in [1.807, 2.05) is 0 Å². The molecule has 2 aliphatic heterocycles. The van der Waals surface area contributed by atoms with Crippen LogP contribution in [0.3, 0.4) is 0 Å². The maximum absolute atomic E-state index is 6.54. The first-order chi connectivity index (χ1) is 12.4. The minimum atomic E-state index is 0.136. The average Bonchev–Trinajstić information content (AvgIpc) is 3.29. The molecule has 1 saturated heterocycles. The van der Waals surface area contributed by atoms with Crippen LogP contribution in [0, 0.1) is 0 Å². The lowest BCUT2D eigenvalue weighted by molar-refractivity contribution is -0.0229. The number of rotatable bonds is 0. The maximum atomic E-state index is 6.54. The van der Waals surface area contributed by atoms with E-state index in [1.165, 1.54) is 43.6 Å². The third-order valence-electron chi connectivity index (χ3n) is 6.09. The van der Waals surface area contributed by atoms with Crippen LogP contribution >= 0.6 is 0 Å². The predicted octanol–water partition coefficient (Wildman–Crippen LogP) is 5.72. The van der Waals surface area contributed by atoms with Crippen molar-refractivity contribution in [1.82, 2.24) is 9.13 Å². The second-order valence-electron chi connectivity index (χ2n) is 7.25. The van der Waals surface area contributed by atoms with Crippen LogP contribution in [0.5, 0.6) is 0 Å². The van der Waals surface area contributed by atoms with Crippen molar-refractivity contribution >= 4 is 43.6 Å². The zero-order chi connectivity index (χ0) is 16.1. The molecule has 2 bridgehead atoms. The predicted molar refractivity (Wildman–Crippen MR) is 101 cm³/mol. The summed E-state index contributed by atoms with van der Waals surface area (Å²) in [4.78, 5) is 0. The SMILES string of the molecule is c1ccc2c(c1)c1ccc3c4ccccc4n4c3c1n2[C@@H]1CC[C@H]4O1. The molecule has 2 aliphatic rings. The van der Waals surface area contributed by atoms with Crippen LogP contribution in [0.1, 0.15) is 25.3 Å². The van der Waals surface area contributed by atoms with E-state index >= 15 is 0 Å². The number of para-hydroxylation sites is 2. The highest BCUT2D eigenvalue weighted by molar-refractivity contribution is 6.22. The molecule has 0 aliphatic carbocycles. The summed E-state index contributed by atoms with van der Waals surface area (Å²) in [5.74, 6) is 0. The van der Waals surface area contributed by atoms with E-state index in [0.717, 1.165) is 12.8 Å². The molecule has 0 N–H and O–H groups in total. The summed E-state index contributed by atoms with van der Waals surface area (Å²) in [5.41, 5.74) is 5.24. The minimum absolute atomic E-state index is 0.136. The molecule has 0 unspecified atom stereocenters. The highest BCUT2D eigenvalue weighted by Gasteiger charge is 2.36. The number of benzene rings is 3. The van der Waals surface area contributed by atoms with Crippen LogP contribution in [-0.2, 0) is 4.74 Å². The van der Waals surface area contributed by atoms with Crippen molar-refractivity contribution in [2.75, 3.05) is 0 Å². The Hall–Kier alpha value is -2.78. The fourth-order valence-corrected chi connectivity index (χ4v) is 5.15. The molecule has 5 aromatic rings. The second kappa shape index (κ2) is 4.06. The molecule has 2 atom stereocenters. The second-order valence-corrected chi connectivity index (χ2v) is 7.25. The van der Waals surface area contributed by atoms with E-state index in [4.69, 9.17) is 4.74 Å². The highest BCUT2D eigenvalue weighted by atomic mass is 16.5. The Morgan fingerprint density at radius 3 is 1.60 bits per heavy atom. The quantitative estimate of drug-likeness (QED) is 0.356. The summed E-state index contributed by atoms with van der Waals surface area (Å²) in [6, 6.07) is 22.1. The Bertz CT molecular complexity index is 1240. The van der Waals surface area contributed by atoms with Gasteiger partial charge in [0, 0.05) is 21.5 Å². The van der Waals surface area contributed by atoms with Crippen molar-refractivity contribution in [3.05, 3.63) is 60.7 Å². The van der Waals surface area contributed by atoms with E-state index in [1.54, 1.807) is 0 Å². The van der Waals surface area contributed by atoms with E-state index in [-0.39, 0.29) is 12.5 Å². The van der Waals surface area contributed by atoms with E-state index in [0.29, 0.717) is 0 Å². The fraction of sp³-hybridized carbons (Fsp3) is 0.182. The van der Waals surface area contributed by atoms with Gasteiger partial charge in [0.1, 0.15) is 12.5 Å². The first-order valence-electron chi connectivity index (χ1n) is 9.01. The number of nitrogens with zero attached hydrogens (tertiary/aromatic N) is 2. The Kier molecular flexibility index (Phi) is 2.04. The fourth-order valence-electron chi connectivity index (χ4n) is 5.15. The number of hydrogen-bond donors (Lipinski definition) is 0. The van der Waals surface area contributed by atoms with Gasteiger partial charge in [0.15, 0.2) is 0 Å². The molecule has 3 heteroatoms. The van der Waals surface area contributed by atoms with E-state index in [2.05, 4.69) is 69.8 Å². The average molecular weight is 324 g/mol. The summed E-state index contributed by atoms with van der Waals surface area (Å²) in [6.07, 6.45) is 2.41. The molecule has 4 heterocycles. The summed E-state index contributed by atoms with van der Waals surface area (Å²) in [6.45, 7) is 0. The van der Waals surface area contributed by atoms with E-state index in [9.17, 15) is 0 Å². The van der Waals surface area contributed by atoms with Gasteiger partial charge in [-0.3, -0.25) is 0 Å². The Morgan fingerprint density at radius 2 is 1.08 bits per heavy atom. The third-order valence-corrected chi connectivity index (χ3v) is 6.09. The number of fused-ring (bicyclic) bond motifs is 10. The largest absolute Gasteiger partial charge is 0.335 e. The van der Waals surface area contributed by atoms with Gasteiger partial charge in [-0.15, -0.1) is 0 Å². The maximum Gasteiger partial charge on any atom is 0.137 e. The number of hydrogen-bond acceptors (Lipinski definition) is 1. The van der Waals surface area contributed by atoms with Gasteiger partial charge in [-0.2, -0.15) is 0 Å². The van der Waals surface area contributed by atoms with Gasteiger partial charge in [0.05, 0.1) is 22.1 Å². The van der Waals surface area contributed by atoms with Gasteiger partial charge in [-0.1, -0.05) is 48.5 Å². The molecule has 0 amide bonds. The van der Waals surface area contributed by atoms with Crippen LogP contribution in [0.15, 0.2) is 60.7 Å². The van der Waals surface area contributed by atoms with Crippen LogP contribution < -0.4 is 0 Å². The monoisotopic (exact) mass is 324 g/mol. The molecule has 1 fully saturated rings. The third kappa shape index (κ3) is 1.31. The Morgan fingerprint density at radius 1 is 0.600 bits per heavy atom. The molecule has 3 nitrogen and oxygen atoms in total. The summed E-state index contributed by atoms with van der Waals surface area (Å²) >= 11 is 0. The van der Waals surface area contributed by atoms with Gasteiger partial charge in [0.25, 0.3) is 0 Å². The van der Waals surface area contributed by atoms with Crippen LogP contribution in [-0.4, -0.2) is 9.13 Å². The zero-order valence-electron chi connectivity index (χ0n) is 13.6. The molecule has 2 aromatic heterocycles. The van der Waals surface area contributed by atoms with Crippen molar-refractivity contribution < 1.29 is 4.74 Å². The van der Waals surface area contributed by atoms with Crippen molar-refractivity contribution in [2.24, 2.45) is 0 Å². The van der Waals surface area contributed by atoms with Gasteiger partial charge in [0.2, 0.25) is 0 Å². The summed E-state index contributed by atoms with van der Waals surface area (Å²) < 4.78 is 11.5. The normalized spacial score (nSPS) is 21.9. The minimum Gasteiger partial charge on any atom is -0.335 e. The molecular weight excluding hydrogens is 308 g/mol. The summed E-state index contributed by atoms with van der Waals surface area (Å²) in [5, 5.41) is 5.32. The molecule has 7 rings (SSSR count). The van der Waals surface area contributed by atoms with Crippen molar-refractivity contribution in [2.45, 2.75) is 25.3 Å². The van der Waals surface area contributed by atoms with Crippen molar-refractivity contribution in [3.63, 3.8) is 0 Å². The standard InChI is InChI=1S/C22H16N2O/c1-3-7-17-13(5-1)15-9-10-16-14-6-2-4-8-18(14)24-20-12-11-19(25-20)23(17)21(15)22(16)24/h1-10,19-20H,11-12H2/t19-,20+. The Balaban J connectivity index is 1.88. The van der Waals surface area contributed by atoms with Crippen LogP contribution in [0.25, 0.3) is 43.6 Å². The lowest BCUT2D eigenvalue weighted by atomic mass is 10.1. The van der Waals surface area contributed by atoms with Crippen LogP contribution in [0.2, 0.25) is 0 Å². The number of ether oxygens (including phenoxy) is 1. The molecule has 0 saturated carbocycles. The first kappa shape index (κ1) is 12.6. The molecule has 0 spiro atoms. The summed E-state index contributed by atoms with van der Waals surface area (Å²) in [7, 11) is 0. The van der Waals surface area contributed by atoms with Gasteiger partial charge in [-0.25, -0.2) is 0 Å². The lowest BCUT2D eigenvalue weighted by Gasteiger charge is -2.15. The molecule has 25 heavy (non-hydrogen) atoms. The topological polar surface area (TPSA) is 19.1 Å². The molecular formula is C22H16N2O. The highest BCUT2D eigenvalue weighted by Crippen LogP contribution is 2.49. The van der Waals surface area contributed by atoms with Gasteiger partial charge < -0.3 is 13.9 Å². The van der Waals surface area contributed by atoms with Crippen molar-refractivity contribution in [3.8, 4) is 0 Å². The van der Waals surface area contributed by atoms with Gasteiger partial charge in [-0.05, 0) is 25.0 Å². The Labute approximate surface area is 144 Å². The van der Waals surface area contributed by atoms with Crippen LogP contribution in [0.4, 0.5) is 0 Å². The smallest absolute Gasteiger partial charge is 0.137 e. The van der Waals surface area contributed by atoms with E-state index < -0.39 is 0 Å². The van der Waals surface area contributed by atoms with Gasteiger partial charge >= 0.3 is 0 Å². The number of aromatic nitrogens is 2.